The molecule has 0 N–H and O–H groups in total. The van der Waals surface area contributed by atoms with E-state index in [9.17, 15) is 18.0 Å². The van der Waals surface area contributed by atoms with E-state index >= 15 is 0 Å². The number of carbonyl (C=O) groups is 2. The van der Waals surface area contributed by atoms with Gasteiger partial charge in [-0.3, -0.25) is 4.79 Å². The van der Waals surface area contributed by atoms with Crippen LogP contribution in [-0.2, 0) is 25.9 Å². The largest absolute Gasteiger partial charge is 0.449 e. The van der Waals surface area contributed by atoms with Crippen molar-refractivity contribution in [3.05, 3.63) is 65.7 Å². The molecule has 2 aromatic carbocycles. The van der Waals surface area contributed by atoms with Crippen molar-refractivity contribution in [2.45, 2.75) is 24.5 Å². The molecule has 1 unspecified atom stereocenters. The fourth-order valence-electron chi connectivity index (χ4n) is 2.48. The summed E-state index contributed by atoms with van der Waals surface area (Å²) in [6, 6.07) is 15.2. The molecule has 0 aliphatic rings. The molecule has 138 valence electrons. The Kier molecular flexibility index (Phi) is 6.15. The van der Waals surface area contributed by atoms with Crippen molar-refractivity contribution in [3.8, 4) is 0 Å². The third kappa shape index (κ3) is 4.92. The van der Waals surface area contributed by atoms with E-state index in [4.69, 9.17) is 4.74 Å². The van der Waals surface area contributed by atoms with Gasteiger partial charge in [0.25, 0.3) is 5.91 Å². The fraction of sp³-hybridized carbons (Fsp3) is 0.263. The molecular weight excluding hydrogens is 354 g/mol. The van der Waals surface area contributed by atoms with Crippen LogP contribution in [0.4, 0.5) is 0 Å². The molecule has 1 amide bonds. The van der Waals surface area contributed by atoms with E-state index in [1.807, 2.05) is 30.3 Å². The topological polar surface area (TPSA) is 80.8 Å². The Bertz CT molecular complexity index is 893. The van der Waals surface area contributed by atoms with Gasteiger partial charge in [0.1, 0.15) is 0 Å². The molecule has 26 heavy (non-hydrogen) atoms. The van der Waals surface area contributed by atoms with Crippen LogP contribution in [0.1, 0.15) is 22.8 Å². The first-order valence-electron chi connectivity index (χ1n) is 7.99. The van der Waals surface area contributed by atoms with Crippen LogP contribution in [0.25, 0.3) is 0 Å². The molecule has 6 nitrogen and oxygen atoms in total. The Morgan fingerprint density at radius 3 is 2.23 bits per heavy atom. The predicted molar refractivity (Wildman–Crippen MR) is 97.3 cm³/mol. The van der Waals surface area contributed by atoms with Crippen LogP contribution in [0.3, 0.4) is 0 Å². The lowest BCUT2D eigenvalue weighted by Crippen LogP contribution is -2.37. The van der Waals surface area contributed by atoms with Crippen molar-refractivity contribution in [2.24, 2.45) is 0 Å². The summed E-state index contributed by atoms with van der Waals surface area (Å²) in [5.41, 5.74) is 0.865. The van der Waals surface area contributed by atoms with Crippen LogP contribution in [0.5, 0.6) is 0 Å². The zero-order valence-electron chi connectivity index (χ0n) is 14.9. The summed E-state index contributed by atoms with van der Waals surface area (Å²) in [7, 11) is -1.97. The molecule has 0 fully saturated rings. The third-order valence-electron chi connectivity index (χ3n) is 3.78. The molecule has 0 saturated carbocycles. The summed E-state index contributed by atoms with van der Waals surface area (Å²) < 4.78 is 28.8. The van der Waals surface area contributed by atoms with Gasteiger partial charge in [-0.2, -0.15) is 0 Å². The maximum Gasteiger partial charge on any atom is 0.340 e. The van der Waals surface area contributed by atoms with Gasteiger partial charge < -0.3 is 9.64 Å². The molecule has 0 aromatic heterocycles. The molecule has 0 aliphatic carbocycles. The maximum atomic E-state index is 12.4. The van der Waals surface area contributed by atoms with Crippen LogP contribution in [0.15, 0.2) is 59.5 Å². The monoisotopic (exact) mass is 375 g/mol. The lowest BCUT2D eigenvalue weighted by atomic mass is 10.2. The number of hydrogen-bond acceptors (Lipinski definition) is 5. The first-order chi connectivity index (χ1) is 12.2. The zero-order chi connectivity index (χ0) is 19.3. The number of ether oxygens (including phenoxy) is 1. The number of hydrogen-bond donors (Lipinski definition) is 0. The van der Waals surface area contributed by atoms with Crippen molar-refractivity contribution < 1.29 is 22.7 Å². The number of carbonyl (C=O) groups excluding carboxylic acids is 2. The van der Waals surface area contributed by atoms with Crippen molar-refractivity contribution >= 4 is 21.7 Å². The lowest BCUT2D eigenvalue weighted by Gasteiger charge is -2.22. The second-order valence-corrected chi connectivity index (χ2v) is 7.98. The van der Waals surface area contributed by atoms with Crippen LogP contribution >= 0.6 is 0 Å². The van der Waals surface area contributed by atoms with Gasteiger partial charge in [0.05, 0.1) is 10.5 Å². The van der Waals surface area contributed by atoms with E-state index in [1.165, 1.54) is 30.0 Å². The SMILES string of the molecule is CC(OC(=O)c1ccccc1S(C)(=O)=O)C(=O)N(C)Cc1ccccc1. The maximum absolute atomic E-state index is 12.4. The van der Waals surface area contributed by atoms with Crippen LogP contribution in [0, 0.1) is 0 Å². The van der Waals surface area contributed by atoms with Gasteiger partial charge in [-0.05, 0) is 24.6 Å². The van der Waals surface area contributed by atoms with Gasteiger partial charge in [-0.15, -0.1) is 0 Å². The van der Waals surface area contributed by atoms with Crippen molar-refractivity contribution in [3.63, 3.8) is 0 Å². The van der Waals surface area contributed by atoms with Crippen molar-refractivity contribution in [2.75, 3.05) is 13.3 Å². The quantitative estimate of drug-likeness (QED) is 0.724. The van der Waals surface area contributed by atoms with Crippen LogP contribution < -0.4 is 0 Å². The summed E-state index contributed by atoms with van der Waals surface area (Å²) in [6.07, 6.45) is -0.0229. The summed E-state index contributed by atoms with van der Waals surface area (Å²) in [5.74, 6) is -1.22. The van der Waals surface area contributed by atoms with Gasteiger partial charge in [0.2, 0.25) is 0 Å². The number of sulfone groups is 1. The summed E-state index contributed by atoms with van der Waals surface area (Å²) >= 11 is 0. The molecule has 7 heteroatoms. The normalized spacial score (nSPS) is 12.3. The first kappa shape index (κ1) is 19.7. The van der Waals surface area contributed by atoms with E-state index in [2.05, 4.69) is 0 Å². The van der Waals surface area contributed by atoms with Gasteiger partial charge >= 0.3 is 5.97 Å². The van der Waals surface area contributed by atoms with E-state index in [0.29, 0.717) is 6.54 Å². The Hall–Kier alpha value is -2.67. The molecule has 0 bridgehead atoms. The molecule has 2 aromatic rings. The Labute approximate surface area is 153 Å². The summed E-state index contributed by atoms with van der Waals surface area (Å²) in [4.78, 5) is 26.1. The van der Waals surface area contributed by atoms with E-state index in [0.717, 1.165) is 11.8 Å². The average Bonchev–Trinajstić information content (AvgIpc) is 2.61. The highest BCUT2D eigenvalue weighted by Crippen LogP contribution is 2.17. The highest BCUT2D eigenvalue weighted by Gasteiger charge is 2.25. The lowest BCUT2D eigenvalue weighted by molar-refractivity contribution is -0.139. The Morgan fingerprint density at radius 1 is 1.04 bits per heavy atom. The van der Waals surface area contributed by atoms with E-state index in [-0.39, 0.29) is 16.4 Å². The minimum Gasteiger partial charge on any atom is -0.449 e. The van der Waals surface area contributed by atoms with Crippen molar-refractivity contribution in [1.82, 2.24) is 4.90 Å². The second kappa shape index (κ2) is 8.14. The number of amides is 1. The predicted octanol–water partition coefficient (Wildman–Crippen LogP) is 2.29. The molecular formula is C19H21NO5S. The molecule has 0 aliphatic heterocycles. The van der Waals surface area contributed by atoms with E-state index < -0.39 is 21.9 Å². The zero-order valence-corrected chi connectivity index (χ0v) is 15.7. The first-order valence-corrected chi connectivity index (χ1v) is 9.88. The van der Waals surface area contributed by atoms with Crippen LogP contribution in [-0.4, -0.2) is 44.6 Å². The van der Waals surface area contributed by atoms with Crippen LogP contribution in [0.2, 0.25) is 0 Å². The standard InChI is InChI=1S/C19H21NO5S/c1-14(18(21)20(2)13-15-9-5-4-6-10-15)25-19(22)16-11-7-8-12-17(16)26(3,23)24/h4-12,14H,13H2,1-3H3. The highest BCUT2D eigenvalue weighted by molar-refractivity contribution is 7.90. The molecule has 0 saturated heterocycles. The van der Waals surface area contributed by atoms with Gasteiger partial charge in [0, 0.05) is 19.8 Å². The number of benzene rings is 2. The summed E-state index contributed by atoms with van der Waals surface area (Å²) in [5, 5.41) is 0. The van der Waals surface area contributed by atoms with Crippen molar-refractivity contribution in [1.29, 1.82) is 0 Å². The number of esters is 1. The van der Waals surface area contributed by atoms with Gasteiger partial charge in [-0.1, -0.05) is 42.5 Å². The highest BCUT2D eigenvalue weighted by atomic mass is 32.2. The third-order valence-corrected chi connectivity index (χ3v) is 4.93. The molecule has 0 radical (unpaired) electrons. The Balaban J connectivity index is 2.08. The fourth-order valence-corrected chi connectivity index (χ4v) is 3.36. The molecule has 0 spiro atoms. The van der Waals surface area contributed by atoms with E-state index in [1.54, 1.807) is 13.1 Å². The number of likely N-dealkylation sites (N-methyl/N-ethyl adjacent to an activating group) is 1. The minimum atomic E-state index is -3.59. The summed E-state index contributed by atoms with van der Waals surface area (Å²) in [6.45, 7) is 1.84. The van der Waals surface area contributed by atoms with Gasteiger partial charge in [-0.25, -0.2) is 13.2 Å². The average molecular weight is 375 g/mol. The molecule has 2 rings (SSSR count). The van der Waals surface area contributed by atoms with Gasteiger partial charge in [0.15, 0.2) is 15.9 Å². The number of rotatable bonds is 6. The molecule has 0 heterocycles. The second-order valence-electron chi connectivity index (χ2n) is 6.00. The minimum absolute atomic E-state index is 0.0830. The number of nitrogens with zero attached hydrogens (tertiary/aromatic N) is 1. The molecule has 1 atom stereocenters. The Morgan fingerprint density at radius 2 is 1.62 bits per heavy atom. The smallest absolute Gasteiger partial charge is 0.340 e.